The molecular formula is C13H19NO3. The number of rotatable bonds is 6. The number of hydrogen-bond donors (Lipinski definition) is 2. The van der Waals surface area contributed by atoms with E-state index in [1.54, 1.807) is 14.0 Å². The third-order valence-electron chi connectivity index (χ3n) is 3.09. The van der Waals surface area contributed by atoms with Crippen LogP contribution in [0.1, 0.15) is 18.9 Å². The molecule has 0 aliphatic carbocycles. The maximum atomic E-state index is 11.1. The van der Waals surface area contributed by atoms with E-state index in [9.17, 15) is 4.79 Å². The highest BCUT2D eigenvalue weighted by Gasteiger charge is 2.30. The quantitative estimate of drug-likeness (QED) is 0.789. The summed E-state index contributed by atoms with van der Waals surface area (Å²) in [5, 5.41) is 9.09. The molecule has 4 heteroatoms. The number of aliphatic carboxylic acids is 1. The van der Waals surface area contributed by atoms with Crippen LogP contribution in [0.25, 0.3) is 0 Å². The predicted octanol–water partition coefficient (Wildman–Crippen LogP) is 1.68. The molecule has 0 aliphatic heterocycles. The van der Waals surface area contributed by atoms with E-state index in [4.69, 9.17) is 15.6 Å². The first kappa shape index (κ1) is 13.5. The standard InChI is InChI=1S/C13H19NO3/c1-13(9-14,12(15)16)8-7-10-3-5-11(17-2)6-4-10/h3-6H,7-9,14H2,1-2H3,(H,15,16). The largest absolute Gasteiger partial charge is 0.497 e. The molecule has 0 heterocycles. The highest BCUT2D eigenvalue weighted by Crippen LogP contribution is 2.23. The number of aryl methyl sites for hydroxylation is 1. The van der Waals surface area contributed by atoms with E-state index >= 15 is 0 Å². The highest BCUT2D eigenvalue weighted by atomic mass is 16.5. The van der Waals surface area contributed by atoms with Gasteiger partial charge in [-0.2, -0.15) is 0 Å². The Morgan fingerprint density at radius 1 is 1.41 bits per heavy atom. The van der Waals surface area contributed by atoms with Crippen LogP contribution < -0.4 is 10.5 Å². The summed E-state index contributed by atoms with van der Waals surface area (Å²) < 4.78 is 5.06. The lowest BCUT2D eigenvalue weighted by atomic mass is 9.84. The van der Waals surface area contributed by atoms with Crippen LogP contribution in [0.3, 0.4) is 0 Å². The third-order valence-corrected chi connectivity index (χ3v) is 3.09. The van der Waals surface area contributed by atoms with Crippen LogP contribution in [0.2, 0.25) is 0 Å². The van der Waals surface area contributed by atoms with E-state index in [1.807, 2.05) is 24.3 Å². The molecule has 0 bridgehead atoms. The van der Waals surface area contributed by atoms with Crippen molar-refractivity contribution in [3.63, 3.8) is 0 Å². The fraction of sp³-hybridized carbons (Fsp3) is 0.462. The molecule has 1 aromatic carbocycles. The van der Waals surface area contributed by atoms with Crippen LogP contribution in [-0.2, 0) is 11.2 Å². The van der Waals surface area contributed by atoms with Gasteiger partial charge in [-0.3, -0.25) is 4.79 Å². The van der Waals surface area contributed by atoms with Gasteiger partial charge in [-0.1, -0.05) is 12.1 Å². The molecule has 1 atom stereocenters. The maximum Gasteiger partial charge on any atom is 0.310 e. The average Bonchev–Trinajstić information content (AvgIpc) is 2.36. The molecule has 0 saturated heterocycles. The van der Waals surface area contributed by atoms with E-state index in [1.165, 1.54) is 0 Å². The first-order valence-corrected chi connectivity index (χ1v) is 5.58. The lowest BCUT2D eigenvalue weighted by molar-refractivity contribution is -0.147. The zero-order valence-corrected chi connectivity index (χ0v) is 10.3. The van der Waals surface area contributed by atoms with Gasteiger partial charge in [0.1, 0.15) is 5.75 Å². The summed E-state index contributed by atoms with van der Waals surface area (Å²) in [5.41, 5.74) is 5.76. The van der Waals surface area contributed by atoms with Crippen molar-refractivity contribution in [1.82, 2.24) is 0 Å². The molecule has 0 fully saturated rings. The van der Waals surface area contributed by atoms with Crippen molar-refractivity contribution in [3.8, 4) is 5.75 Å². The van der Waals surface area contributed by atoms with Gasteiger partial charge < -0.3 is 15.6 Å². The minimum atomic E-state index is -0.847. The number of nitrogens with two attached hydrogens (primary N) is 1. The third kappa shape index (κ3) is 3.46. The molecule has 1 unspecified atom stereocenters. The van der Waals surface area contributed by atoms with Crippen molar-refractivity contribution in [3.05, 3.63) is 29.8 Å². The first-order chi connectivity index (χ1) is 8.01. The second-order valence-corrected chi connectivity index (χ2v) is 4.42. The number of carboxylic acid groups (broad SMARTS) is 1. The minimum absolute atomic E-state index is 0.151. The molecule has 0 aromatic heterocycles. The zero-order chi connectivity index (χ0) is 12.9. The molecule has 1 rings (SSSR count). The summed E-state index contributed by atoms with van der Waals surface area (Å²) >= 11 is 0. The van der Waals surface area contributed by atoms with Crippen molar-refractivity contribution in [2.45, 2.75) is 19.8 Å². The number of hydrogen-bond acceptors (Lipinski definition) is 3. The highest BCUT2D eigenvalue weighted by molar-refractivity contribution is 5.74. The van der Waals surface area contributed by atoms with Crippen LogP contribution in [0, 0.1) is 5.41 Å². The van der Waals surface area contributed by atoms with Gasteiger partial charge in [0.15, 0.2) is 0 Å². The van der Waals surface area contributed by atoms with Gasteiger partial charge >= 0.3 is 5.97 Å². The van der Waals surface area contributed by atoms with E-state index in [2.05, 4.69) is 0 Å². The van der Waals surface area contributed by atoms with Gasteiger partial charge in [0.05, 0.1) is 12.5 Å². The number of ether oxygens (including phenoxy) is 1. The minimum Gasteiger partial charge on any atom is -0.497 e. The van der Waals surface area contributed by atoms with Crippen molar-refractivity contribution < 1.29 is 14.6 Å². The predicted molar refractivity (Wildman–Crippen MR) is 66.1 cm³/mol. The summed E-state index contributed by atoms with van der Waals surface area (Å²) in [6.07, 6.45) is 1.23. The molecule has 3 N–H and O–H groups in total. The van der Waals surface area contributed by atoms with E-state index < -0.39 is 11.4 Å². The smallest absolute Gasteiger partial charge is 0.310 e. The first-order valence-electron chi connectivity index (χ1n) is 5.58. The normalized spacial score (nSPS) is 14.1. The van der Waals surface area contributed by atoms with Crippen LogP contribution >= 0.6 is 0 Å². The Labute approximate surface area is 101 Å². The van der Waals surface area contributed by atoms with Crippen molar-refractivity contribution >= 4 is 5.97 Å². The fourth-order valence-corrected chi connectivity index (χ4v) is 1.51. The molecular weight excluding hydrogens is 218 g/mol. The number of benzene rings is 1. The van der Waals surface area contributed by atoms with Gasteiger partial charge in [0.25, 0.3) is 0 Å². The SMILES string of the molecule is COc1ccc(CCC(C)(CN)C(=O)O)cc1. The van der Waals surface area contributed by atoms with Crippen LogP contribution in [0.5, 0.6) is 5.75 Å². The van der Waals surface area contributed by atoms with Gasteiger partial charge in [-0.25, -0.2) is 0 Å². The number of methoxy groups -OCH3 is 1. The summed E-state index contributed by atoms with van der Waals surface area (Å²) in [5.74, 6) is -0.0397. The molecule has 0 amide bonds. The Hall–Kier alpha value is -1.55. The van der Waals surface area contributed by atoms with E-state index in [-0.39, 0.29) is 6.54 Å². The Morgan fingerprint density at radius 3 is 2.41 bits per heavy atom. The zero-order valence-electron chi connectivity index (χ0n) is 10.3. The number of carbonyl (C=O) groups is 1. The molecule has 17 heavy (non-hydrogen) atoms. The lowest BCUT2D eigenvalue weighted by Gasteiger charge is -2.22. The summed E-state index contributed by atoms with van der Waals surface area (Å²) in [7, 11) is 1.62. The van der Waals surface area contributed by atoms with Gasteiger partial charge in [0.2, 0.25) is 0 Å². The average molecular weight is 237 g/mol. The monoisotopic (exact) mass is 237 g/mol. The summed E-state index contributed by atoms with van der Waals surface area (Å²) in [4.78, 5) is 11.1. The van der Waals surface area contributed by atoms with Crippen LogP contribution in [-0.4, -0.2) is 24.7 Å². The second-order valence-electron chi connectivity index (χ2n) is 4.42. The van der Waals surface area contributed by atoms with Crippen LogP contribution in [0.4, 0.5) is 0 Å². The van der Waals surface area contributed by atoms with Crippen molar-refractivity contribution in [2.24, 2.45) is 11.1 Å². The Kier molecular flexibility index (Phi) is 4.52. The molecule has 0 spiro atoms. The Balaban J connectivity index is 2.63. The fourth-order valence-electron chi connectivity index (χ4n) is 1.51. The molecule has 0 saturated carbocycles. The molecule has 94 valence electrons. The Bertz CT molecular complexity index is 375. The molecule has 4 nitrogen and oxygen atoms in total. The van der Waals surface area contributed by atoms with E-state index in [0.29, 0.717) is 12.8 Å². The van der Waals surface area contributed by atoms with Gasteiger partial charge in [-0.05, 0) is 37.5 Å². The Morgan fingerprint density at radius 2 is 2.00 bits per heavy atom. The summed E-state index contributed by atoms with van der Waals surface area (Å²) in [6, 6.07) is 7.63. The maximum absolute atomic E-state index is 11.1. The second kappa shape index (κ2) is 5.68. The molecule has 1 aromatic rings. The lowest BCUT2D eigenvalue weighted by Crippen LogP contribution is -2.36. The molecule has 0 radical (unpaired) electrons. The van der Waals surface area contributed by atoms with E-state index in [0.717, 1.165) is 11.3 Å². The molecule has 0 aliphatic rings. The van der Waals surface area contributed by atoms with Gasteiger partial charge in [0, 0.05) is 6.54 Å². The topological polar surface area (TPSA) is 72.5 Å². The van der Waals surface area contributed by atoms with Crippen LogP contribution in [0.15, 0.2) is 24.3 Å². The van der Waals surface area contributed by atoms with Crippen molar-refractivity contribution in [1.29, 1.82) is 0 Å². The van der Waals surface area contributed by atoms with Gasteiger partial charge in [-0.15, -0.1) is 0 Å². The van der Waals surface area contributed by atoms with Crippen molar-refractivity contribution in [2.75, 3.05) is 13.7 Å². The summed E-state index contributed by atoms with van der Waals surface area (Å²) in [6.45, 7) is 1.83. The number of carboxylic acids is 1.